The van der Waals surface area contributed by atoms with Crippen molar-refractivity contribution in [1.82, 2.24) is 9.78 Å². The predicted molar refractivity (Wildman–Crippen MR) is 71.7 cm³/mol. The van der Waals surface area contributed by atoms with Crippen LogP contribution >= 0.6 is 0 Å². The lowest BCUT2D eigenvalue weighted by Crippen LogP contribution is -1.99. The molecule has 20 heavy (non-hydrogen) atoms. The lowest BCUT2D eigenvalue weighted by Gasteiger charge is -2.06. The third kappa shape index (κ3) is 2.94. The van der Waals surface area contributed by atoms with E-state index in [0.29, 0.717) is 11.3 Å². The Balaban J connectivity index is 2.30. The van der Waals surface area contributed by atoms with E-state index < -0.39 is 4.92 Å². The molecular formula is C13H15N3O4. The maximum atomic E-state index is 11.0. The smallest absolute Gasteiger partial charge is 0.311 e. The molecule has 0 atom stereocenters. The zero-order valence-electron chi connectivity index (χ0n) is 11.2. The zero-order chi connectivity index (χ0) is 14.7. The van der Waals surface area contributed by atoms with E-state index in [4.69, 9.17) is 9.84 Å². The van der Waals surface area contributed by atoms with Crippen LogP contribution < -0.4 is 4.74 Å². The summed E-state index contributed by atoms with van der Waals surface area (Å²) in [4.78, 5) is 10.5. The van der Waals surface area contributed by atoms with Crippen LogP contribution in [0, 0.1) is 10.1 Å². The Bertz CT molecular complexity index is 622. The molecule has 1 aromatic heterocycles. The Morgan fingerprint density at radius 2 is 2.25 bits per heavy atom. The quantitative estimate of drug-likeness (QED) is 0.670. The van der Waals surface area contributed by atoms with Crippen molar-refractivity contribution in [2.45, 2.75) is 26.5 Å². The summed E-state index contributed by atoms with van der Waals surface area (Å²) >= 11 is 0. The molecule has 2 rings (SSSR count). The summed E-state index contributed by atoms with van der Waals surface area (Å²) < 4.78 is 7.19. The van der Waals surface area contributed by atoms with Gasteiger partial charge >= 0.3 is 5.69 Å². The highest BCUT2D eigenvalue weighted by atomic mass is 16.6. The van der Waals surface area contributed by atoms with E-state index in [9.17, 15) is 10.1 Å². The van der Waals surface area contributed by atoms with Crippen LogP contribution in [0.3, 0.4) is 0 Å². The van der Waals surface area contributed by atoms with Crippen LogP contribution in [0.5, 0.6) is 11.5 Å². The first kappa shape index (κ1) is 14.0. The van der Waals surface area contributed by atoms with Crippen molar-refractivity contribution in [3.63, 3.8) is 0 Å². The first-order chi connectivity index (χ1) is 9.51. The minimum atomic E-state index is -0.540. The molecule has 0 unspecified atom stereocenters. The molecule has 0 radical (unpaired) electrons. The Morgan fingerprint density at radius 1 is 1.50 bits per heavy atom. The maximum Gasteiger partial charge on any atom is 0.311 e. The first-order valence-corrected chi connectivity index (χ1v) is 6.11. The molecule has 106 valence electrons. The van der Waals surface area contributed by atoms with Crippen molar-refractivity contribution in [3.8, 4) is 11.5 Å². The standard InChI is InChI=1S/C13H15N3O4/c1-9(2)15-7-11(6-14-15)20-13-4-3-10(8-17)5-12(13)16(18)19/h3-7,9,17H,8H2,1-2H3. The molecule has 0 fully saturated rings. The van der Waals surface area contributed by atoms with Gasteiger partial charge in [0, 0.05) is 12.1 Å². The number of ether oxygens (including phenoxy) is 1. The molecule has 0 saturated carbocycles. The number of rotatable bonds is 5. The van der Waals surface area contributed by atoms with E-state index in [2.05, 4.69) is 5.10 Å². The monoisotopic (exact) mass is 277 g/mol. The second-order valence-corrected chi connectivity index (χ2v) is 4.57. The van der Waals surface area contributed by atoms with Gasteiger partial charge in [-0.15, -0.1) is 0 Å². The molecular weight excluding hydrogens is 262 g/mol. The number of nitrogens with zero attached hydrogens (tertiary/aromatic N) is 3. The van der Waals surface area contributed by atoms with Crippen LogP contribution in [0.2, 0.25) is 0 Å². The normalized spacial score (nSPS) is 10.8. The molecule has 7 heteroatoms. The average molecular weight is 277 g/mol. The summed E-state index contributed by atoms with van der Waals surface area (Å²) in [7, 11) is 0. The minimum absolute atomic E-state index is 0.121. The van der Waals surface area contributed by atoms with Crippen LogP contribution in [-0.2, 0) is 6.61 Å². The van der Waals surface area contributed by atoms with Crippen molar-refractivity contribution in [2.24, 2.45) is 0 Å². The van der Waals surface area contributed by atoms with Crippen LogP contribution in [0.1, 0.15) is 25.5 Å². The summed E-state index contributed by atoms with van der Waals surface area (Å²) in [5.41, 5.74) is 0.274. The average Bonchev–Trinajstić information content (AvgIpc) is 2.87. The summed E-state index contributed by atoms with van der Waals surface area (Å²) in [6.45, 7) is 3.68. The maximum absolute atomic E-state index is 11.0. The predicted octanol–water partition coefficient (Wildman–Crippen LogP) is 2.66. The van der Waals surface area contributed by atoms with Crippen LogP contribution in [0.15, 0.2) is 30.6 Å². The highest BCUT2D eigenvalue weighted by Gasteiger charge is 2.17. The number of aliphatic hydroxyl groups is 1. The summed E-state index contributed by atoms with van der Waals surface area (Å²) in [6, 6.07) is 4.52. The van der Waals surface area contributed by atoms with Gasteiger partial charge in [0.1, 0.15) is 0 Å². The van der Waals surface area contributed by atoms with Gasteiger partial charge in [-0.2, -0.15) is 5.10 Å². The van der Waals surface area contributed by atoms with Crippen LogP contribution in [0.25, 0.3) is 0 Å². The molecule has 0 saturated heterocycles. The molecule has 2 aromatic rings. The third-order valence-electron chi connectivity index (χ3n) is 2.74. The van der Waals surface area contributed by atoms with Gasteiger partial charge in [-0.05, 0) is 25.5 Å². The number of hydrogen-bond acceptors (Lipinski definition) is 5. The highest BCUT2D eigenvalue weighted by Crippen LogP contribution is 2.32. The Kier molecular flexibility index (Phi) is 3.99. The van der Waals surface area contributed by atoms with E-state index >= 15 is 0 Å². The van der Waals surface area contributed by atoms with Crippen LogP contribution in [0.4, 0.5) is 5.69 Å². The lowest BCUT2D eigenvalue weighted by molar-refractivity contribution is -0.385. The number of aliphatic hydroxyl groups excluding tert-OH is 1. The topological polar surface area (TPSA) is 90.4 Å². The fourth-order valence-electron chi connectivity index (χ4n) is 1.67. The van der Waals surface area contributed by atoms with Gasteiger partial charge in [0.2, 0.25) is 5.75 Å². The lowest BCUT2D eigenvalue weighted by atomic mass is 10.2. The van der Waals surface area contributed by atoms with Gasteiger partial charge < -0.3 is 9.84 Å². The molecule has 0 aliphatic carbocycles. The molecule has 7 nitrogen and oxygen atoms in total. The first-order valence-electron chi connectivity index (χ1n) is 6.11. The molecule has 0 aliphatic rings. The van der Waals surface area contributed by atoms with Crippen molar-refractivity contribution in [1.29, 1.82) is 0 Å². The summed E-state index contributed by atoms with van der Waals surface area (Å²) in [6.07, 6.45) is 3.18. The van der Waals surface area contributed by atoms with Gasteiger partial charge in [0.15, 0.2) is 5.75 Å². The second kappa shape index (κ2) is 5.70. The highest BCUT2D eigenvalue weighted by molar-refractivity contribution is 5.50. The Morgan fingerprint density at radius 3 is 2.80 bits per heavy atom. The van der Waals surface area contributed by atoms with Crippen molar-refractivity contribution >= 4 is 5.69 Å². The van der Waals surface area contributed by atoms with Gasteiger partial charge in [0.25, 0.3) is 0 Å². The van der Waals surface area contributed by atoms with E-state index in [1.54, 1.807) is 16.9 Å². The minimum Gasteiger partial charge on any atom is -0.447 e. The largest absolute Gasteiger partial charge is 0.447 e. The molecule has 1 heterocycles. The molecule has 0 amide bonds. The van der Waals surface area contributed by atoms with Crippen molar-refractivity contribution in [3.05, 3.63) is 46.3 Å². The number of benzene rings is 1. The number of aromatic nitrogens is 2. The second-order valence-electron chi connectivity index (χ2n) is 4.57. The van der Waals surface area contributed by atoms with Crippen molar-refractivity contribution < 1.29 is 14.8 Å². The van der Waals surface area contributed by atoms with E-state index in [1.807, 2.05) is 13.8 Å². The van der Waals surface area contributed by atoms with Crippen molar-refractivity contribution in [2.75, 3.05) is 0 Å². The molecule has 1 N–H and O–H groups in total. The van der Waals surface area contributed by atoms with Crippen LogP contribution in [-0.4, -0.2) is 19.8 Å². The summed E-state index contributed by atoms with van der Waals surface area (Å²) in [5, 5.41) is 24.1. The van der Waals surface area contributed by atoms with E-state index in [1.165, 1.54) is 18.3 Å². The zero-order valence-corrected chi connectivity index (χ0v) is 11.2. The SMILES string of the molecule is CC(C)n1cc(Oc2ccc(CO)cc2[N+](=O)[O-])cn1. The fraction of sp³-hybridized carbons (Fsp3) is 0.308. The Labute approximate surface area is 115 Å². The molecule has 0 spiro atoms. The summed E-state index contributed by atoms with van der Waals surface area (Å²) in [5.74, 6) is 0.550. The van der Waals surface area contributed by atoms with E-state index in [0.717, 1.165) is 0 Å². The van der Waals surface area contributed by atoms with Gasteiger partial charge in [-0.25, -0.2) is 0 Å². The number of nitro benzene ring substituents is 1. The van der Waals surface area contributed by atoms with Gasteiger partial charge in [-0.1, -0.05) is 6.07 Å². The molecule has 1 aromatic carbocycles. The molecule has 0 aliphatic heterocycles. The van der Waals surface area contributed by atoms with E-state index in [-0.39, 0.29) is 24.1 Å². The fourth-order valence-corrected chi connectivity index (χ4v) is 1.67. The molecule has 0 bridgehead atoms. The number of hydrogen-bond donors (Lipinski definition) is 1. The van der Waals surface area contributed by atoms with Gasteiger partial charge in [0.05, 0.1) is 23.9 Å². The Hall–Kier alpha value is -2.41. The number of nitro groups is 1. The van der Waals surface area contributed by atoms with Gasteiger partial charge in [-0.3, -0.25) is 14.8 Å². The third-order valence-corrected chi connectivity index (χ3v) is 2.74.